The molecule has 0 fully saturated rings. The van der Waals surface area contributed by atoms with Gasteiger partial charge >= 0.3 is 93.9 Å². The molecule has 8 heteroatoms. The zero-order valence-corrected chi connectivity index (χ0v) is 9.95. The SMILES string of the molecule is O=C(CO)NO[As](=O)(O)Oc1ccccc1. The van der Waals surface area contributed by atoms with Gasteiger partial charge < -0.3 is 0 Å². The first-order chi connectivity index (χ1) is 7.53. The molecule has 0 aliphatic carbocycles. The summed E-state index contributed by atoms with van der Waals surface area (Å²) in [4.78, 5) is 10.5. The second kappa shape index (κ2) is 5.71. The van der Waals surface area contributed by atoms with Crippen molar-refractivity contribution in [2.45, 2.75) is 0 Å². The third kappa shape index (κ3) is 4.50. The van der Waals surface area contributed by atoms with Crippen LogP contribution in [0.5, 0.6) is 5.75 Å². The van der Waals surface area contributed by atoms with Crippen molar-refractivity contribution in [2.75, 3.05) is 6.61 Å². The van der Waals surface area contributed by atoms with Crippen molar-refractivity contribution in [1.29, 1.82) is 0 Å². The van der Waals surface area contributed by atoms with Gasteiger partial charge in [0.05, 0.1) is 0 Å². The van der Waals surface area contributed by atoms with E-state index >= 15 is 0 Å². The Balaban J connectivity index is 2.52. The summed E-state index contributed by atoms with van der Waals surface area (Å²) in [5.41, 5.74) is 1.59. The summed E-state index contributed by atoms with van der Waals surface area (Å²) < 4.78 is 29.3. The van der Waals surface area contributed by atoms with Crippen molar-refractivity contribution in [3.63, 3.8) is 0 Å². The van der Waals surface area contributed by atoms with Crippen LogP contribution < -0.4 is 9.21 Å². The van der Waals surface area contributed by atoms with Gasteiger partial charge in [0.25, 0.3) is 0 Å². The molecule has 1 atom stereocenters. The minimum absolute atomic E-state index is 0.144. The zero-order chi connectivity index (χ0) is 12.0. The normalized spacial score (nSPS) is 13.9. The summed E-state index contributed by atoms with van der Waals surface area (Å²) in [7, 11) is 0. The van der Waals surface area contributed by atoms with Gasteiger partial charge in [-0.05, 0) is 0 Å². The summed E-state index contributed by atoms with van der Waals surface area (Å²) in [5, 5.41) is 8.32. The molecule has 0 radical (unpaired) electrons. The van der Waals surface area contributed by atoms with E-state index in [1.807, 2.05) is 0 Å². The number of para-hydroxylation sites is 1. The number of rotatable bonds is 5. The molecule has 0 saturated heterocycles. The molecular weight excluding hydrogens is 281 g/mol. The Morgan fingerprint density at radius 3 is 2.56 bits per heavy atom. The molecule has 1 unspecified atom stereocenters. The van der Waals surface area contributed by atoms with Crippen molar-refractivity contribution < 1.29 is 25.3 Å². The maximum absolute atomic E-state index is 11.3. The molecule has 3 N–H and O–H groups in total. The standard InChI is InChI=1S/C8H10AsNO6/c11-6-8(12)10-16-9(13,14)15-7-4-2-1-3-5-7/h1-5,11H,6H2,(H,10,12)(H,13,14). The van der Waals surface area contributed by atoms with Gasteiger partial charge in [-0.15, -0.1) is 0 Å². The molecule has 1 rings (SSSR count). The number of benzene rings is 1. The number of carbonyl (C=O) groups excluding carboxylic acids is 1. The predicted molar refractivity (Wildman–Crippen MR) is 52.0 cm³/mol. The number of carbonyl (C=O) groups is 1. The van der Waals surface area contributed by atoms with E-state index in [1.54, 1.807) is 23.7 Å². The van der Waals surface area contributed by atoms with E-state index < -0.39 is 27.0 Å². The molecule has 16 heavy (non-hydrogen) atoms. The predicted octanol–water partition coefficient (Wildman–Crippen LogP) is -1.04. The second-order valence-corrected chi connectivity index (χ2v) is 5.38. The molecule has 0 aliphatic heterocycles. The third-order valence-electron chi connectivity index (χ3n) is 1.38. The number of hydrogen-bond acceptors (Lipinski definition) is 5. The monoisotopic (exact) mass is 291 g/mol. The molecule has 0 bridgehead atoms. The number of hydroxylamine groups is 1. The molecule has 1 amide bonds. The van der Waals surface area contributed by atoms with Crippen LogP contribution in [-0.4, -0.2) is 36.2 Å². The summed E-state index contributed by atoms with van der Waals surface area (Å²) >= 11 is -5.06. The fraction of sp³-hybridized carbons (Fsp3) is 0.125. The quantitative estimate of drug-likeness (QED) is 0.473. The molecule has 0 spiro atoms. The molecule has 1 aromatic carbocycles. The molecule has 7 nitrogen and oxygen atoms in total. The Labute approximate surface area is 94.3 Å². The van der Waals surface area contributed by atoms with E-state index in [1.165, 1.54) is 12.1 Å². The molecule has 88 valence electrons. The number of aliphatic hydroxyl groups is 1. The van der Waals surface area contributed by atoms with Crippen LogP contribution in [0.25, 0.3) is 0 Å². The zero-order valence-electron chi connectivity index (χ0n) is 8.07. The van der Waals surface area contributed by atoms with Crippen LogP contribution in [0.3, 0.4) is 0 Å². The molecule has 0 heterocycles. The van der Waals surface area contributed by atoms with Gasteiger partial charge in [-0.1, -0.05) is 0 Å². The van der Waals surface area contributed by atoms with Crippen LogP contribution in [0.1, 0.15) is 0 Å². The number of amides is 1. The van der Waals surface area contributed by atoms with Crippen LogP contribution in [0, 0.1) is 0 Å². The number of hydrogen-bond donors (Lipinski definition) is 3. The van der Waals surface area contributed by atoms with Gasteiger partial charge in [0.15, 0.2) is 0 Å². The fourth-order valence-corrected chi connectivity index (χ4v) is 2.12. The molecular formula is C8H10AsNO6. The Kier molecular flexibility index (Phi) is 4.57. The van der Waals surface area contributed by atoms with Crippen LogP contribution in [0.15, 0.2) is 30.3 Å². The van der Waals surface area contributed by atoms with Crippen molar-refractivity contribution >= 4 is 20.4 Å². The van der Waals surface area contributed by atoms with E-state index in [4.69, 9.17) is 5.11 Å². The van der Waals surface area contributed by atoms with Crippen molar-refractivity contribution in [3.8, 4) is 5.75 Å². The van der Waals surface area contributed by atoms with Gasteiger partial charge in [-0.25, -0.2) is 0 Å². The number of aliphatic hydroxyl groups excluding tert-OH is 1. The fourth-order valence-electron chi connectivity index (χ4n) is 0.774. The Hall–Kier alpha value is -1.27. The molecule has 0 saturated carbocycles. The number of nitrogens with one attached hydrogen (secondary N) is 1. The third-order valence-corrected chi connectivity index (χ3v) is 2.98. The van der Waals surface area contributed by atoms with Gasteiger partial charge in [0.2, 0.25) is 0 Å². The first kappa shape index (κ1) is 12.8. The van der Waals surface area contributed by atoms with E-state index in [-0.39, 0.29) is 5.75 Å². The van der Waals surface area contributed by atoms with Gasteiger partial charge in [-0.3, -0.25) is 0 Å². The van der Waals surface area contributed by atoms with E-state index in [9.17, 15) is 12.6 Å². The average molecular weight is 291 g/mol. The van der Waals surface area contributed by atoms with E-state index in [0.717, 1.165) is 0 Å². The van der Waals surface area contributed by atoms with E-state index in [0.29, 0.717) is 0 Å². The molecule has 0 aromatic heterocycles. The Morgan fingerprint density at radius 2 is 2.00 bits per heavy atom. The minimum atomic E-state index is -5.06. The first-order valence-electron chi connectivity index (χ1n) is 4.19. The summed E-state index contributed by atoms with van der Waals surface area (Å²) in [6.07, 6.45) is 0. The van der Waals surface area contributed by atoms with Crippen LogP contribution in [0.2, 0.25) is 0 Å². The van der Waals surface area contributed by atoms with Crippen LogP contribution in [0.4, 0.5) is 0 Å². The van der Waals surface area contributed by atoms with Gasteiger partial charge in [-0.2, -0.15) is 0 Å². The van der Waals surface area contributed by atoms with Gasteiger partial charge in [0, 0.05) is 0 Å². The van der Waals surface area contributed by atoms with E-state index in [2.05, 4.69) is 7.55 Å². The Bertz CT molecular complexity index is 395. The van der Waals surface area contributed by atoms with Crippen molar-refractivity contribution in [2.24, 2.45) is 0 Å². The Morgan fingerprint density at radius 1 is 1.38 bits per heavy atom. The second-order valence-electron chi connectivity index (χ2n) is 2.65. The van der Waals surface area contributed by atoms with Crippen LogP contribution in [-0.2, 0) is 12.4 Å². The topological polar surface area (TPSA) is 105 Å². The molecule has 1 aromatic rings. The first-order valence-corrected chi connectivity index (χ1v) is 7.33. The summed E-state index contributed by atoms with van der Waals surface area (Å²) in [5.74, 6) is -0.793. The van der Waals surface area contributed by atoms with Crippen molar-refractivity contribution in [1.82, 2.24) is 5.48 Å². The van der Waals surface area contributed by atoms with Gasteiger partial charge in [0.1, 0.15) is 0 Å². The molecule has 0 aliphatic rings. The van der Waals surface area contributed by atoms with Crippen LogP contribution >= 0.6 is 0 Å². The maximum atomic E-state index is 11.3. The summed E-state index contributed by atoms with van der Waals surface area (Å²) in [6, 6.07) is 7.84. The average Bonchev–Trinajstić information content (AvgIpc) is 2.27. The summed E-state index contributed by atoms with van der Waals surface area (Å²) in [6.45, 7) is -0.846. The van der Waals surface area contributed by atoms with Crippen molar-refractivity contribution in [3.05, 3.63) is 30.3 Å².